The van der Waals surface area contributed by atoms with Crippen molar-refractivity contribution in [2.24, 2.45) is 0 Å². The summed E-state index contributed by atoms with van der Waals surface area (Å²) in [5, 5.41) is 7.17. The molecular formula is C14H23N3S. The van der Waals surface area contributed by atoms with E-state index < -0.39 is 0 Å². The molecule has 0 radical (unpaired) electrons. The van der Waals surface area contributed by atoms with E-state index in [1.165, 1.54) is 49.5 Å². The van der Waals surface area contributed by atoms with E-state index in [1.807, 2.05) is 11.3 Å². The van der Waals surface area contributed by atoms with E-state index in [1.54, 1.807) is 0 Å². The molecule has 0 atom stereocenters. The highest BCUT2D eigenvalue weighted by Crippen LogP contribution is 2.28. The second-order valence-corrected chi connectivity index (χ2v) is 6.66. The monoisotopic (exact) mass is 265 g/mol. The van der Waals surface area contributed by atoms with Gasteiger partial charge in [0.15, 0.2) is 0 Å². The number of nitrogens with one attached hydrogen (secondary N) is 1. The van der Waals surface area contributed by atoms with E-state index in [0.29, 0.717) is 5.92 Å². The predicted molar refractivity (Wildman–Crippen MR) is 76.3 cm³/mol. The van der Waals surface area contributed by atoms with Gasteiger partial charge < -0.3 is 10.2 Å². The quantitative estimate of drug-likeness (QED) is 0.885. The maximum absolute atomic E-state index is 4.84. The van der Waals surface area contributed by atoms with E-state index in [0.717, 1.165) is 19.0 Å². The summed E-state index contributed by atoms with van der Waals surface area (Å²) in [7, 11) is 2.21. The molecule has 18 heavy (non-hydrogen) atoms. The minimum atomic E-state index is 0.711. The molecule has 0 unspecified atom stereocenters. The number of nitrogens with zero attached hydrogens (tertiary/aromatic N) is 2. The van der Waals surface area contributed by atoms with E-state index in [-0.39, 0.29) is 0 Å². The van der Waals surface area contributed by atoms with Crippen LogP contribution >= 0.6 is 11.3 Å². The summed E-state index contributed by atoms with van der Waals surface area (Å²) in [5.41, 5.74) is 1.36. The molecule has 1 saturated heterocycles. The Hall–Kier alpha value is -0.450. The normalized spacial score (nSPS) is 22.5. The molecule has 1 aromatic heterocycles. The summed E-state index contributed by atoms with van der Waals surface area (Å²) in [6.45, 7) is 3.55. The molecule has 2 fully saturated rings. The van der Waals surface area contributed by atoms with Crippen LogP contribution in [0.15, 0.2) is 5.38 Å². The van der Waals surface area contributed by atoms with Crippen LogP contribution in [0.4, 0.5) is 0 Å². The van der Waals surface area contributed by atoms with Crippen molar-refractivity contribution in [3.8, 4) is 0 Å². The molecule has 1 aliphatic heterocycles. The Bertz CT molecular complexity index is 378. The lowest BCUT2D eigenvalue weighted by Gasteiger charge is -2.27. The summed E-state index contributed by atoms with van der Waals surface area (Å²) in [6, 6.07) is 0.818. The van der Waals surface area contributed by atoms with Crippen LogP contribution < -0.4 is 5.32 Å². The van der Waals surface area contributed by atoms with Gasteiger partial charge in [-0.2, -0.15) is 0 Å². The van der Waals surface area contributed by atoms with Crippen LogP contribution in [0.5, 0.6) is 0 Å². The van der Waals surface area contributed by atoms with Gasteiger partial charge in [-0.3, -0.25) is 0 Å². The Balaban J connectivity index is 1.48. The summed E-state index contributed by atoms with van der Waals surface area (Å²) >= 11 is 1.85. The Morgan fingerprint density at radius 1 is 1.33 bits per heavy atom. The van der Waals surface area contributed by atoms with Crippen molar-refractivity contribution in [3.05, 3.63) is 16.1 Å². The number of thiazole rings is 1. The van der Waals surface area contributed by atoms with Crippen LogP contribution in [0.1, 0.15) is 42.3 Å². The Kier molecular flexibility index (Phi) is 3.97. The fourth-order valence-electron chi connectivity index (χ4n) is 2.60. The van der Waals surface area contributed by atoms with Crippen molar-refractivity contribution in [3.63, 3.8) is 0 Å². The Morgan fingerprint density at radius 3 is 2.83 bits per heavy atom. The minimum absolute atomic E-state index is 0.711. The number of hydrogen-bond donors (Lipinski definition) is 1. The van der Waals surface area contributed by atoms with Crippen LogP contribution in [-0.2, 0) is 6.42 Å². The first-order chi connectivity index (χ1) is 8.81. The average molecular weight is 265 g/mol. The number of piperidine rings is 1. The fourth-order valence-corrected chi connectivity index (χ4v) is 3.48. The summed E-state index contributed by atoms with van der Waals surface area (Å²) < 4.78 is 0. The maximum Gasteiger partial charge on any atom is 0.0941 e. The number of aromatic nitrogens is 1. The second-order valence-electron chi connectivity index (χ2n) is 5.72. The molecule has 3 nitrogen and oxygen atoms in total. The van der Waals surface area contributed by atoms with Crippen LogP contribution in [0, 0.1) is 0 Å². The van der Waals surface area contributed by atoms with Crippen LogP contribution in [0.2, 0.25) is 0 Å². The molecule has 4 heteroatoms. The molecule has 0 amide bonds. The molecule has 100 valence electrons. The lowest BCUT2D eigenvalue weighted by atomic mass is 9.95. The third kappa shape index (κ3) is 3.31. The highest BCUT2D eigenvalue weighted by atomic mass is 32.1. The van der Waals surface area contributed by atoms with Crippen molar-refractivity contribution in [1.29, 1.82) is 0 Å². The van der Waals surface area contributed by atoms with Gasteiger partial charge in [-0.1, -0.05) is 0 Å². The Morgan fingerprint density at radius 2 is 2.11 bits per heavy atom. The standard InChI is InChI=1S/C14H23N3S/c1-17-8-5-11(6-9-17)13-10-18-14(16-13)4-7-15-12-2-3-12/h10-12,15H,2-9H2,1H3. The van der Waals surface area contributed by atoms with E-state index >= 15 is 0 Å². The Labute approximate surface area is 114 Å². The van der Waals surface area contributed by atoms with Gasteiger partial charge in [-0.05, 0) is 45.8 Å². The van der Waals surface area contributed by atoms with Crippen LogP contribution in [-0.4, -0.2) is 42.6 Å². The van der Waals surface area contributed by atoms with E-state index in [2.05, 4.69) is 22.6 Å². The van der Waals surface area contributed by atoms with E-state index in [4.69, 9.17) is 4.98 Å². The summed E-state index contributed by atoms with van der Waals surface area (Å²) in [5.74, 6) is 0.711. The topological polar surface area (TPSA) is 28.2 Å². The molecular weight excluding hydrogens is 242 g/mol. The molecule has 1 aromatic rings. The molecule has 1 aliphatic carbocycles. The number of likely N-dealkylation sites (tertiary alicyclic amines) is 1. The van der Waals surface area contributed by atoms with Crippen molar-refractivity contribution >= 4 is 11.3 Å². The highest BCUT2D eigenvalue weighted by molar-refractivity contribution is 7.09. The molecule has 0 aromatic carbocycles. The molecule has 3 rings (SSSR count). The summed E-state index contributed by atoms with van der Waals surface area (Å²) in [6.07, 6.45) is 6.41. The fraction of sp³-hybridized carbons (Fsp3) is 0.786. The number of hydrogen-bond acceptors (Lipinski definition) is 4. The van der Waals surface area contributed by atoms with Gasteiger partial charge in [0.1, 0.15) is 0 Å². The first-order valence-electron chi connectivity index (χ1n) is 7.17. The summed E-state index contributed by atoms with van der Waals surface area (Å²) in [4.78, 5) is 7.26. The molecule has 2 aliphatic rings. The van der Waals surface area contributed by atoms with Gasteiger partial charge in [-0.25, -0.2) is 4.98 Å². The zero-order valence-corrected chi connectivity index (χ0v) is 12.0. The third-order valence-corrected chi connectivity index (χ3v) is 4.98. The molecule has 1 saturated carbocycles. The van der Waals surface area contributed by atoms with Crippen molar-refractivity contribution in [1.82, 2.24) is 15.2 Å². The smallest absolute Gasteiger partial charge is 0.0941 e. The van der Waals surface area contributed by atoms with Gasteiger partial charge in [0.25, 0.3) is 0 Å². The molecule has 1 N–H and O–H groups in total. The molecule has 0 spiro atoms. The van der Waals surface area contributed by atoms with Gasteiger partial charge in [0, 0.05) is 30.3 Å². The first kappa shape index (κ1) is 12.6. The SMILES string of the molecule is CN1CCC(c2csc(CCNC3CC3)n2)CC1. The van der Waals surface area contributed by atoms with Gasteiger partial charge in [0.05, 0.1) is 10.7 Å². The zero-order valence-electron chi connectivity index (χ0n) is 11.2. The van der Waals surface area contributed by atoms with Crippen LogP contribution in [0.25, 0.3) is 0 Å². The first-order valence-corrected chi connectivity index (χ1v) is 8.05. The second kappa shape index (κ2) is 5.68. The lowest BCUT2D eigenvalue weighted by molar-refractivity contribution is 0.253. The zero-order chi connectivity index (χ0) is 12.4. The van der Waals surface area contributed by atoms with Crippen molar-refractivity contribution < 1.29 is 0 Å². The predicted octanol–water partition coefficient (Wildman–Crippen LogP) is 2.25. The minimum Gasteiger partial charge on any atom is -0.314 e. The highest BCUT2D eigenvalue weighted by Gasteiger charge is 2.21. The average Bonchev–Trinajstić information content (AvgIpc) is 3.08. The van der Waals surface area contributed by atoms with Gasteiger partial charge in [0.2, 0.25) is 0 Å². The largest absolute Gasteiger partial charge is 0.314 e. The van der Waals surface area contributed by atoms with Gasteiger partial charge >= 0.3 is 0 Å². The molecule has 2 heterocycles. The van der Waals surface area contributed by atoms with Gasteiger partial charge in [-0.15, -0.1) is 11.3 Å². The lowest BCUT2D eigenvalue weighted by Crippen LogP contribution is -2.29. The van der Waals surface area contributed by atoms with Crippen LogP contribution in [0.3, 0.4) is 0 Å². The third-order valence-electron chi connectivity index (χ3n) is 4.06. The van der Waals surface area contributed by atoms with Crippen molar-refractivity contribution in [2.75, 3.05) is 26.7 Å². The number of rotatable bonds is 5. The molecule has 0 bridgehead atoms. The van der Waals surface area contributed by atoms with Crippen molar-refractivity contribution in [2.45, 2.75) is 44.1 Å². The maximum atomic E-state index is 4.84. The van der Waals surface area contributed by atoms with E-state index in [9.17, 15) is 0 Å².